The Bertz CT molecular complexity index is 541. The van der Waals surface area contributed by atoms with Crippen LogP contribution in [-0.4, -0.2) is 29.2 Å². The van der Waals surface area contributed by atoms with Gasteiger partial charge in [-0.05, 0) is 11.4 Å². The van der Waals surface area contributed by atoms with E-state index in [2.05, 4.69) is 20.0 Å². The largest absolute Gasteiger partial charge is 0.448 e. The van der Waals surface area contributed by atoms with Crippen LogP contribution in [0.3, 0.4) is 0 Å². The minimum absolute atomic E-state index is 0.171. The maximum absolute atomic E-state index is 10.4. The van der Waals surface area contributed by atoms with Crippen molar-refractivity contribution in [3.63, 3.8) is 0 Å². The van der Waals surface area contributed by atoms with Crippen LogP contribution in [0, 0.1) is 0 Å². The number of rotatable bonds is 4. The number of nitrogens with two attached hydrogens (primary N) is 2. The van der Waals surface area contributed by atoms with Gasteiger partial charge in [0.15, 0.2) is 0 Å². The summed E-state index contributed by atoms with van der Waals surface area (Å²) in [6.07, 6.45) is -0.797. The summed E-state index contributed by atoms with van der Waals surface area (Å²) >= 11 is 1.48. The third-order valence-corrected chi connectivity index (χ3v) is 2.79. The summed E-state index contributed by atoms with van der Waals surface area (Å²) in [5.74, 6) is 0.833. The number of hydrogen-bond acceptors (Lipinski definition) is 7. The van der Waals surface area contributed by atoms with Crippen molar-refractivity contribution in [1.29, 1.82) is 0 Å². The number of aromatic nitrogens is 2. The van der Waals surface area contributed by atoms with E-state index in [0.717, 1.165) is 10.2 Å². The Kier molecular flexibility index (Phi) is 3.24. The average Bonchev–Trinajstić information content (AvgIpc) is 2.71. The molecule has 0 unspecified atom stereocenters. The summed E-state index contributed by atoms with van der Waals surface area (Å²) in [6, 6.07) is 1.90. The molecule has 17 heavy (non-hydrogen) atoms. The van der Waals surface area contributed by atoms with Crippen LogP contribution in [0.1, 0.15) is 0 Å². The number of ether oxygens (including phenoxy) is 1. The highest BCUT2D eigenvalue weighted by molar-refractivity contribution is 7.16. The fourth-order valence-corrected chi connectivity index (χ4v) is 2.10. The second-order valence-corrected chi connectivity index (χ2v) is 4.06. The number of nitrogens with one attached hydrogen (secondary N) is 1. The molecular weight excluding hydrogens is 242 g/mol. The average molecular weight is 253 g/mol. The molecule has 8 heteroatoms. The Hall–Kier alpha value is -2.09. The Morgan fingerprint density at radius 2 is 2.35 bits per heavy atom. The normalized spacial score (nSPS) is 10.4. The van der Waals surface area contributed by atoms with Crippen molar-refractivity contribution in [3.05, 3.63) is 11.4 Å². The van der Waals surface area contributed by atoms with E-state index in [0.29, 0.717) is 12.4 Å². The van der Waals surface area contributed by atoms with Crippen molar-refractivity contribution in [1.82, 2.24) is 9.97 Å². The number of fused-ring (bicyclic) bond motifs is 1. The number of carbonyl (C=O) groups excluding carboxylic acids is 1. The minimum Gasteiger partial charge on any atom is -0.448 e. The van der Waals surface area contributed by atoms with Gasteiger partial charge in [-0.1, -0.05) is 0 Å². The van der Waals surface area contributed by atoms with E-state index in [1.165, 1.54) is 11.3 Å². The summed E-state index contributed by atoms with van der Waals surface area (Å²) in [7, 11) is 0. The first-order valence-electron chi connectivity index (χ1n) is 4.83. The molecule has 0 aromatic carbocycles. The standard InChI is InChI=1S/C9H11N5O2S/c10-8-13-6(12-2-3-16-9(11)15)5-1-4-17-7(5)14-8/h1,4H,2-3H2,(H2,11,15)(H3,10,12,13,14). The number of primary amides is 1. The van der Waals surface area contributed by atoms with E-state index < -0.39 is 6.09 Å². The van der Waals surface area contributed by atoms with Gasteiger partial charge in [-0.3, -0.25) is 0 Å². The van der Waals surface area contributed by atoms with Crippen LogP contribution in [0.4, 0.5) is 16.6 Å². The van der Waals surface area contributed by atoms with Gasteiger partial charge in [-0.25, -0.2) is 9.78 Å². The lowest BCUT2D eigenvalue weighted by Crippen LogP contribution is -2.18. The molecule has 0 bridgehead atoms. The fraction of sp³-hybridized carbons (Fsp3) is 0.222. The highest BCUT2D eigenvalue weighted by atomic mass is 32.1. The van der Waals surface area contributed by atoms with Gasteiger partial charge < -0.3 is 21.5 Å². The van der Waals surface area contributed by atoms with E-state index in [1.54, 1.807) is 0 Å². The zero-order chi connectivity index (χ0) is 12.3. The third kappa shape index (κ3) is 2.72. The molecule has 1 amide bonds. The molecule has 0 radical (unpaired) electrons. The zero-order valence-electron chi connectivity index (χ0n) is 8.84. The van der Waals surface area contributed by atoms with E-state index in [9.17, 15) is 4.79 Å². The van der Waals surface area contributed by atoms with Crippen LogP contribution < -0.4 is 16.8 Å². The summed E-state index contributed by atoms with van der Waals surface area (Å²) < 4.78 is 4.59. The molecule has 90 valence electrons. The van der Waals surface area contributed by atoms with Crippen LogP contribution >= 0.6 is 11.3 Å². The van der Waals surface area contributed by atoms with E-state index in [4.69, 9.17) is 11.5 Å². The monoisotopic (exact) mass is 253 g/mol. The van der Waals surface area contributed by atoms with E-state index >= 15 is 0 Å². The molecule has 0 saturated heterocycles. The molecule has 0 aliphatic heterocycles. The maximum Gasteiger partial charge on any atom is 0.404 e. The third-order valence-electron chi connectivity index (χ3n) is 1.98. The summed E-state index contributed by atoms with van der Waals surface area (Å²) in [6.45, 7) is 0.579. The highest BCUT2D eigenvalue weighted by Crippen LogP contribution is 2.25. The lowest BCUT2D eigenvalue weighted by Gasteiger charge is -2.07. The van der Waals surface area contributed by atoms with Gasteiger partial charge in [0, 0.05) is 0 Å². The minimum atomic E-state index is -0.797. The SMILES string of the molecule is NC(=O)OCCNc1nc(N)nc2sccc12. The van der Waals surface area contributed by atoms with Gasteiger partial charge in [0.2, 0.25) is 5.95 Å². The summed E-state index contributed by atoms with van der Waals surface area (Å²) in [5, 5.41) is 5.81. The van der Waals surface area contributed by atoms with Crippen LogP contribution in [0.2, 0.25) is 0 Å². The predicted octanol–water partition coefficient (Wildman–Crippen LogP) is 0.781. The smallest absolute Gasteiger partial charge is 0.404 e. The summed E-state index contributed by atoms with van der Waals surface area (Å²) in [4.78, 5) is 19.4. The van der Waals surface area contributed by atoms with Crippen molar-refractivity contribution < 1.29 is 9.53 Å². The molecular formula is C9H11N5O2S. The van der Waals surface area contributed by atoms with Crippen molar-refractivity contribution in [3.8, 4) is 0 Å². The number of carbonyl (C=O) groups is 1. The van der Waals surface area contributed by atoms with Gasteiger partial charge in [-0.2, -0.15) is 4.98 Å². The van der Waals surface area contributed by atoms with E-state index in [1.807, 2.05) is 11.4 Å². The Balaban J connectivity index is 2.07. The molecule has 7 nitrogen and oxygen atoms in total. The molecule has 2 rings (SSSR count). The molecule has 0 spiro atoms. The number of amides is 1. The van der Waals surface area contributed by atoms with Crippen molar-refractivity contribution in [2.45, 2.75) is 0 Å². The predicted molar refractivity (Wildman–Crippen MR) is 65.9 cm³/mol. The molecule has 2 aromatic rings. The van der Waals surface area contributed by atoms with Gasteiger partial charge in [0.25, 0.3) is 0 Å². The Morgan fingerprint density at radius 1 is 1.53 bits per heavy atom. The van der Waals surface area contributed by atoms with Gasteiger partial charge >= 0.3 is 6.09 Å². The van der Waals surface area contributed by atoms with Crippen molar-refractivity contribution in [2.75, 3.05) is 24.2 Å². The number of hydrogen-bond donors (Lipinski definition) is 3. The number of nitrogens with zero attached hydrogens (tertiary/aromatic N) is 2. The second kappa shape index (κ2) is 4.83. The van der Waals surface area contributed by atoms with Crippen LogP contribution in [-0.2, 0) is 4.74 Å². The lowest BCUT2D eigenvalue weighted by molar-refractivity contribution is 0.161. The number of anilines is 2. The fourth-order valence-electron chi connectivity index (χ4n) is 1.33. The molecule has 2 heterocycles. The number of thiophene rings is 1. The molecule has 0 aliphatic carbocycles. The van der Waals surface area contributed by atoms with Crippen LogP contribution in [0.25, 0.3) is 10.2 Å². The zero-order valence-corrected chi connectivity index (χ0v) is 9.66. The number of nitrogen functional groups attached to an aromatic ring is 1. The first kappa shape index (κ1) is 11.4. The Labute approximate surface area is 101 Å². The molecule has 2 aromatic heterocycles. The topological polar surface area (TPSA) is 116 Å². The van der Waals surface area contributed by atoms with Gasteiger partial charge in [0.1, 0.15) is 17.3 Å². The molecule has 0 atom stereocenters. The van der Waals surface area contributed by atoms with Gasteiger partial charge in [-0.15, -0.1) is 11.3 Å². The molecule has 0 fully saturated rings. The van der Waals surface area contributed by atoms with Crippen LogP contribution in [0.5, 0.6) is 0 Å². The quantitative estimate of drug-likeness (QED) is 0.693. The Morgan fingerprint density at radius 3 is 3.12 bits per heavy atom. The summed E-state index contributed by atoms with van der Waals surface area (Å²) in [5.41, 5.74) is 10.4. The van der Waals surface area contributed by atoms with Gasteiger partial charge in [0.05, 0.1) is 11.9 Å². The lowest BCUT2D eigenvalue weighted by atomic mass is 10.4. The highest BCUT2D eigenvalue weighted by Gasteiger charge is 2.06. The first-order chi connectivity index (χ1) is 8.16. The maximum atomic E-state index is 10.4. The van der Waals surface area contributed by atoms with Crippen molar-refractivity contribution >= 4 is 39.4 Å². The van der Waals surface area contributed by atoms with Crippen molar-refractivity contribution in [2.24, 2.45) is 5.73 Å². The van der Waals surface area contributed by atoms with Crippen LogP contribution in [0.15, 0.2) is 11.4 Å². The molecule has 5 N–H and O–H groups in total. The second-order valence-electron chi connectivity index (χ2n) is 3.16. The molecule has 0 aliphatic rings. The van der Waals surface area contributed by atoms with E-state index in [-0.39, 0.29) is 12.6 Å². The molecule has 0 saturated carbocycles. The first-order valence-corrected chi connectivity index (χ1v) is 5.71.